The summed E-state index contributed by atoms with van der Waals surface area (Å²) in [5, 5.41) is 10.4. The van der Waals surface area contributed by atoms with E-state index in [1.54, 1.807) is 23.3 Å². The Labute approximate surface area is 123 Å². The lowest BCUT2D eigenvalue weighted by Crippen LogP contribution is -2.43. The van der Waals surface area contributed by atoms with Crippen molar-refractivity contribution in [3.63, 3.8) is 0 Å². The van der Waals surface area contributed by atoms with Gasteiger partial charge >= 0.3 is 0 Å². The zero-order valence-electron chi connectivity index (χ0n) is 11.8. The molecule has 21 heavy (non-hydrogen) atoms. The van der Waals surface area contributed by atoms with Crippen molar-refractivity contribution in [2.24, 2.45) is 0 Å². The largest absolute Gasteiger partial charge is 0.322 e. The summed E-state index contributed by atoms with van der Waals surface area (Å²) >= 11 is 0. The van der Waals surface area contributed by atoms with Crippen LogP contribution in [0.25, 0.3) is 0 Å². The predicted molar refractivity (Wildman–Crippen MR) is 79.8 cm³/mol. The van der Waals surface area contributed by atoms with Crippen molar-refractivity contribution in [2.75, 3.05) is 11.9 Å². The zero-order valence-corrected chi connectivity index (χ0v) is 11.8. The fraction of sp³-hybridized carbons (Fsp3) is 0.400. The maximum absolute atomic E-state index is 12.1. The maximum Gasteiger partial charge on any atom is 0.241 e. The molecule has 0 unspecified atom stereocenters. The van der Waals surface area contributed by atoms with Crippen LogP contribution in [0.3, 0.4) is 0 Å². The summed E-state index contributed by atoms with van der Waals surface area (Å²) in [5.41, 5.74) is 1.86. The molecule has 0 aliphatic carbocycles. The molecule has 3 heterocycles. The van der Waals surface area contributed by atoms with Crippen LogP contribution in [0.5, 0.6) is 0 Å². The number of anilines is 1. The number of nitrogens with zero attached hydrogens (tertiary/aromatic N) is 3. The quantitative estimate of drug-likeness (QED) is 0.891. The smallest absolute Gasteiger partial charge is 0.241 e. The number of carbonyl (C=O) groups is 1. The molecule has 1 aliphatic heterocycles. The molecule has 0 saturated carbocycles. The molecule has 2 aromatic heterocycles. The van der Waals surface area contributed by atoms with E-state index in [1.165, 1.54) is 0 Å². The van der Waals surface area contributed by atoms with Gasteiger partial charge < -0.3 is 10.6 Å². The van der Waals surface area contributed by atoms with Crippen LogP contribution in [-0.4, -0.2) is 33.3 Å². The van der Waals surface area contributed by atoms with Gasteiger partial charge in [0.15, 0.2) is 0 Å². The van der Waals surface area contributed by atoms with Crippen molar-refractivity contribution < 1.29 is 4.79 Å². The molecule has 6 nitrogen and oxygen atoms in total. The number of pyridine rings is 1. The molecule has 0 bridgehead atoms. The standard InChI is InChI=1S/C15H19N5O/c21-15(14-3-1-2-6-17-14)19-13-9-18-20(11-13)10-12-4-7-16-8-5-12/h4-5,7-9,11,14,17H,1-3,6,10H2,(H,19,21)/t14-/m1/s1. The Kier molecular flexibility index (Phi) is 4.25. The molecule has 3 rings (SSSR count). The van der Waals surface area contributed by atoms with Crippen LogP contribution < -0.4 is 10.6 Å². The summed E-state index contributed by atoms with van der Waals surface area (Å²) in [5.74, 6) is 0.0261. The Bertz CT molecular complexity index is 589. The second-order valence-corrected chi connectivity index (χ2v) is 5.27. The topological polar surface area (TPSA) is 71.8 Å². The number of nitrogens with one attached hydrogen (secondary N) is 2. The molecule has 0 aromatic carbocycles. The number of piperidine rings is 1. The van der Waals surface area contributed by atoms with Gasteiger partial charge in [-0.15, -0.1) is 0 Å². The summed E-state index contributed by atoms with van der Waals surface area (Å²) in [6.45, 7) is 1.58. The van der Waals surface area contributed by atoms with Gasteiger partial charge in [0, 0.05) is 18.6 Å². The summed E-state index contributed by atoms with van der Waals surface area (Å²) in [7, 11) is 0. The minimum atomic E-state index is -0.0812. The van der Waals surface area contributed by atoms with E-state index in [4.69, 9.17) is 0 Å². The molecule has 2 N–H and O–H groups in total. The average molecular weight is 285 g/mol. The van der Waals surface area contributed by atoms with Gasteiger partial charge in [0.25, 0.3) is 0 Å². The van der Waals surface area contributed by atoms with Gasteiger partial charge in [-0.2, -0.15) is 5.10 Å². The van der Waals surface area contributed by atoms with E-state index in [2.05, 4.69) is 20.7 Å². The summed E-state index contributed by atoms with van der Waals surface area (Å²) in [6.07, 6.45) is 10.2. The second-order valence-electron chi connectivity index (χ2n) is 5.27. The molecule has 2 aromatic rings. The summed E-state index contributed by atoms with van der Waals surface area (Å²) in [6, 6.07) is 3.82. The van der Waals surface area contributed by atoms with E-state index in [9.17, 15) is 4.79 Å². The monoisotopic (exact) mass is 285 g/mol. The number of hydrogen-bond acceptors (Lipinski definition) is 4. The van der Waals surface area contributed by atoms with Crippen LogP contribution in [0.2, 0.25) is 0 Å². The van der Waals surface area contributed by atoms with Crippen molar-refractivity contribution in [3.05, 3.63) is 42.5 Å². The first-order valence-electron chi connectivity index (χ1n) is 7.27. The maximum atomic E-state index is 12.1. The Balaban J connectivity index is 1.58. The SMILES string of the molecule is O=C(Nc1cnn(Cc2ccncc2)c1)[C@H]1CCCCN1. The number of carbonyl (C=O) groups excluding carboxylic acids is 1. The first-order valence-corrected chi connectivity index (χ1v) is 7.27. The molecule has 1 saturated heterocycles. The number of rotatable bonds is 4. The highest BCUT2D eigenvalue weighted by Crippen LogP contribution is 2.11. The molecule has 110 valence electrons. The Morgan fingerprint density at radius 2 is 2.24 bits per heavy atom. The van der Waals surface area contributed by atoms with Crippen LogP contribution in [0.4, 0.5) is 5.69 Å². The third kappa shape index (κ3) is 3.66. The van der Waals surface area contributed by atoms with Gasteiger partial charge in [0.05, 0.1) is 24.5 Å². The molecule has 1 amide bonds. The van der Waals surface area contributed by atoms with E-state index in [0.29, 0.717) is 6.54 Å². The fourth-order valence-electron chi connectivity index (χ4n) is 2.49. The first-order chi connectivity index (χ1) is 10.3. The second kappa shape index (κ2) is 6.49. The lowest BCUT2D eigenvalue weighted by molar-refractivity contribution is -0.118. The van der Waals surface area contributed by atoms with Crippen LogP contribution in [-0.2, 0) is 11.3 Å². The van der Waals surface area contributed by atoms with Gasteiger partial charge in [0.1, 0.15) is 0 Å². The lowest BCUT2D eigenvalue weighted by Gasteiger charge is -2.22. The fourth-order valence-corrected chi connectivity index (χ4v) is 2.49. The van der Waals surface area contributed by atoms with Crippen LogP contribution >= 0.6 is 0 Å². The summed E-state index contributed by atoms with van der Waals surface area (Å²) < 4.78 is 1.80. The highest BCUT2D eigenvalue weighted by molar-refractivity contribution is 5.94. The minimum Gasteiger partial charge on any atom is -0.322 e. The van der Waals surface area contributed by atoms with Crippen LogP contribution in [0.15, 0.2) is 36.9 Å². The van der Waals surface area contributed by atoms with Crippen LogP contribution in [0, 0.1) is 0 Å². The molecule has 1 aliphatic rings. The molecule has 0 radical (unpaired) electrons. The van der Waals surface area contributed by atoms with Gasteiger partial charge in [-0.05, 0) is 37.1 Å². The van der Waals surface area contributed by atoms with E-state index in [-0.39, 0.29) is 11.9 Å². The molecule has 0 spiro atoms. The molecule has 6 heteroatoms. The van der Waals surface area contributed by atoms with Crippen molar-refractivity contribution >= 4 is 11.6 Å². The van der Waals surface area contributed by atoms with Gasteiger partial charge in [-0.1, -0.05) is 6.42 Å². The zero-order chi connectivity index (χ0) is 14.5. The van der Waals surface area contributed by atoms with Gasteiger partial charge in [-0.25, -0.2) is 0 Å². The number of hydrogen-bond donors (Lipinski definition) is 2. The van der Waals surface area contributed by atoms with Crippen molar-refractivity contribution in [3.8, 4) is 0 Å². The summed E-state index contributed by atoms with van der Waals surface area (Å²) in [4.78, 5) is 16.1. The van der Waals surface area contributed by atoms with Gasteiger partial charge in [0.2, 0.25) is 5.91 Å². The van der Waals surface area contributed by atoms with Crippen molar-refractivity contribution in [2.45, 2.75) is 31.8 Å². The first kappa shape index (κ1) is 13.8. The third-order valence-electron chi connectivity index (χ3n) is 3.62. The Morgan fingerprint density at radius 1 is 1.38 bits per heavy atom. The van der Waals surface area contributed by atoms with E-state index >= 15 is 0 Å². The van der Waals surface area contributed by atoms with E-state index in [0.717, 1.165) is 37.1 Å². The highest BCUT2D eigenvalue weighted by atomic mass is 16.2. The van der Waals surface area contributed by atoms with Crippen molar-refractivity contribution in [1.29, 1.82) is 0 Å². The average Bonchev–Trinajstić information content (AvgIpc) is 2.96. The number of aromatic nitrogens is 3. The third-order valence-corrected chi connectivity index (χ3v) is 3.62. The van der Waals surface area contributed by atoms with E-state index < -0.39 is 0 Å². The Morgan fingerprint density at radius 3 is 3.00 bits per heavy atom. The lowest BCUT2D eigenvalue weighted by atomic mass is 10.0. The van der Waals surface area contributed by atoms with Crippen molar-refractivity contribution in [1.82, 2.24) is 20.1 Å². The highest BCUT2D eigenvalue weighted by Gasteiger charge is 2.20. The van der Waals surface area contributed by atoms with Crippen LogP contribution in [0.1, 0.15) is 24.8 Å². The minimum absolute atomic E-state index is 0.0261. The molecule has 1 fully saturated rings. The number of amides is 1. The molecular formula is C15H19N5O. The van der Waals surface area contributed by atoms with Gasteiger partial charge in [-0.3, -0.25) is 14.5 Å². The normalized spacial score (nSPS) is 18.4. The molecule has 1 atom stereocenters. The van der Waals surface area contributed by atoms with E-state index in [1.807, 2.05) is 18.3 Å². The Hall–Kier alpha value is -2.21. The molecular weight excluding hydrogens is 266 g/mol. The predicted octanol–water partition coefficient (Wildman–Crippen LogP) is 1.41.